The fourth-order valence-corrected chi connectivity index (χ4v) is 6.64. The topological polar surface area (TPSA) is 73.9 Å². The van der Waals surface area contributed by atoms with Crippen LogP contribution < -0.4 is 5.32 Å². The maximum atomic E-state index is 13.9. The second-order valence-corrected chi connectivity index (χ2v) is 23.9. The number of carbonyl (C=O) groups is 2. The first kappa shape index (κ1) is 34.8. The van der Waals surface area contributed by atoms with Gasteiger partial charge in [0.25, 0.3) is 0 Å². The summed E-state index contributed by atoms with van der Waals surface area (Å²) in [7, 11) is -4.26. The molecule has 1 fully saturated rings. The van der Waals surface area contributed by atoms with Crippen molar-refractivity contribution in [1.82, 2.24) is 5.32 Å². The van der Waals surface area contributed by atoms with Gasteiger partial charge in [0.2, 0.25) is 5.91 Å². The molecule has 0 spiro atoms. The molecule has 1 amide bonds. The van der Waals surface area contributed by atoms with Crippen LogP contribution in [0.25, 0.3) is 0 Å². The average molecular weight is 568 g/mol. The number of esters is 1. The van der Waals surface area contributed by atoms with Gasteiger partial charge >= 0.3 is 5.97 Å². The fraction of sp³-hybridized carbons (Fsp3) is 0.800. The Kier molecular flexibility index (Phi) is 11.5. The molecule has 0 bridgehead atoms. The van der Waals surface area contributed by atoms with Crippen LogP contribution in [0, 0.1) is 11.3 Å². The van der Waals surface area contributed by atoms with E-state index in [1.807, 2.05) is 26.8 Å². The molecule has 0 saturated carbocycles. The van der Waals surface area contributed by atoms with E-state index in [0.29, 0.717) is 19.4 Å². The van der Waals surface area contributed by atoms with Crippen molar-refractivity contribution in [3.05, 3.63) is 24.3 Å². The van der Waals surface area contributed by atoms with Gasteiger partial charge in [0, 0.05) is 18.8 Å². The van der Waals surface area contributed by atoms with Gasteiger partial charge in [-0.2, -0.15) is 0 Å². The van der Waals surface area contributed by atoms with Crippen LogP contribution in [0.15, 0.2) is 24.3 Å². The molecule has 0 unspecified atom stereocenters. The highest BCUT2D eigenvalue weighted by Gasteiger charge is 2.59. The van der Waals surface area contributed by atoms with Crippen molar-refractivity contribution < 1.29 is 23.2 Å². The predicted octanol–water partition coefficient (Wildman–Crippen LogP) is 7.38. The second-order valence-electron chi connectivity index (χ2n) is 14.4. The molecular formula is C30H57NO5Si2. The summed E-state index contributed by atoms with van der Waals surface area (Å²) in [6.07, 6.45) is 3.89. The molecule has 0 aromatic rings. The quantitative estimate of drug-likeness (QED) is 0.160. The number of hydrogen-bond donors (Lipinski definition) is 1. The van der Waals surface area contributed by atoms with Crippen molar-refractivity contribution >= 4 is 28.5 Å². The van der Waals surface area contributed by atoms with Crippen LogP contribution in [-0.4, -0.2) is 53.4 Å². The molecule has 6 nitrogen and oxygen atoms in total. The van der Waals surface area contributed by atoms with Crippen LogP contribution in [0.5, 0.6) is 0 Å². The second kappa shape index (κ2) is 12.5. The lowest BCUT2D eigenvalue weighted by atomic mass is 9.68. The minimum atomic E-state index is -2.29. The Morgan fingerprint density at radius 2 is 1.66 bits per heavy atom. The predicted molar refractivity (Wildman–Crippen MR) is 163 cm³/mol. The Balaban J connectivity index is 3.63. The molecule has 1 saturated heterocycles. The Labute approximate surface area is 235 Å². The molecule has 220 valence electrons. The molecular weight excluding hydrogens is 511 g/mol. The van der Waals surface area contributed by atoms with Gasteiger partial charge in [0.15, 0.2) is 16.6 Å². The van der Waals surface area contributed by atoms with Gasteiger partial charge in [-0.05, 0) is 50.1 Å². The van der Waals surface area contributed by atoms with Crippen molar-refractivity contribution in [2.75, 3.05) is 6.61 Å². The van der Waals surface area contributed by atoms with Crippen LogP contribution in [0.1, 0.15) is 82.1 Å². The molecule has 0 radical (unpaired) electrons. The number of amides is 1. The largest absolute Gasteiger partial charge is 0.461 e. The maximum Gasteiger partial charge on any atom is 0.317 e. The molecule has 0 aromatic carbocycles. The van der Waals surface area contributed by atoms with E-state index in [9.17, 15) is 9.59 Å². The first-order valence-corrected chi connectivity index (χ1v) is 20.0. The smallest absolute Gasteiger partial charge is 0.317 e. The Morgan fingerprint density at radius 1 is 1.13 bits per heavy atom. The van der Waals surface area contributed by atoms with E-state index in [0.717, 1.165) is 5.57 Å². The lowest BCUT2D eigenvalue weighted by Crippen LogP contribution is -2.66. The third kappa shape index (κ3) is 7.92. The maximum absolute atomic E-state index is 13.9. The van der Waals surface area contributed by atoms with E-state index in [-0.39, 0.29) is 34.0 Å². The van der Waals surface area contributed by atoms with Crippen LogP contribution in [-0.2, 0) is 23.2 Å². The first-order chi connectivity index (χ1) is 17.0. The molecule has 0 aromatic heterocycles. The van der Waals surface area contributed by atoms with E-state index in [2.05, 4.69) is 86.5 Å². The number of carbonyl (C=O) groups excluding carboxylic acids is 2. The molecule has 0 aliphatic carbocycles. The van der Waals surface area contributed by atoms with E-state index >= 15 is 0 Å². The molecule has 5 atom stereocenters. The number of cyclic esters (lactones) is 1. The lowest BCUT2D eigenvalue weighted by molar-refractivity contribution is -0.194. The van der Waals surface area contributed by atoms with E-state index in [1.54, 1.807) is 6.08 Å². The third-order valence-electron chi connectivity index (χ3n) is 9.18. The van der Waals surface area contributed by atoms with Crippen molar-refractivity contribution in [1.29, 1.82) is 0 Å². The zero-order valence-corrected chi connectivity index (χ0v) is 28.8. The highest BCUT2D eigenvalue weighted by molar-refractivity contribution is 6.74. The van der Waals surface area contributed by atoms with Crippen LogP contribution >= 0.6 is 0 Å². The van der Waals surface area contributed by atoms with Crippen LogP contribution in [0.4, 0.5) is 0 Å². The number of ether oxygens (including phenoxy) is 1. The number of hydrogen-bond acceptors (Lipinski definition) is 5. The standard InChI is InChI=1S/C30H57NO5Si2/c1-16-18-23-22(4)26(36-38(14,15)29(8,9)10)30(11,27(33)35-23)24(31-25(32)17-2)19-21(3)20-34-37(12,13)28(5,6)7/h16,19,22-24,26H,1,17-18,20H2,2-15H3,(H,31,32)/b21-19+/t22-,23-,24-,26+,30+/m1/s1. The molecule has 1 N–H and O–H groups in total. The molecule has 8 heteroatoms. The van der Waals surface area contributed by atoms with E-state index in [4.69, 9.17) is 13.6 Å². The Bertz CT molecular complexity index is 884. The minimum absolute atomic E-state index is 0.0478. The first-order valence-electron chi connectivity index (χ1n) is 14.2. The SMILES string of the molecule is C=CC[C@H]1OC(=O)[C@@](C)([C@@H](/C=C(\C)CO[Si](C)(C)C(C)(C)C)NC(=O)CC)[C@@H](O[Si](C)(C)C(C)(C)C)[C@@H]1C. The lowest BCUT2D eigenvalue weighted by Gasteiger charge is -2.53. The normalized spacial score (nSPS) is 26.5. The van der Waals surface area contributed by atoms with Gasteiger partial charge < -0.3 is 18.9 Å². The average Bonchev–Trinajstić information content (AvgIpc) is 2.77. The van der Waals surface area contributed by atoms with Gasteiger partial charge in [0.1, 0.15) is 11.5 Å². The summed E-state index contributed by atoms with van der Waals surface area (Å²) in [5, 5.41) is 3.18. The highest BCUT2D eigenvalue weighted by atomic mass is 28.4. The van der Waals surface area contributed by atoms with Crippen molar-refractivity contribution in [2.45, 2.75) is 137 Å². The number of nitrogens with one attached hydrogen (secondary N) is 1. The number of rotatable bonds is 11. The highest BCUT2D eigenvalue weighted by Crippen LogP contribution is 2.47. The van der Waals surface area contributed by atoms with Gasteiger partial charge in [-0.3, -0.25) is 9.59 Å². The summed E-state index contributed by atoms with van der Waals surface area (Å²) in [5.74, 6) is -0.546. The summed E-state index contributed by atoms with van der Waals surface area (Å²) in [5.41, 5.74) is -0.146. The Morgan fingerprint density at radius 3 is 2.11 bits per heavy atom. The summed E-state index contributed by atoms with van der Waals surface area (Å²) in [6.45, 7) is 34.2. The molecule has 1 rings (SSSR count). The minimum Gasteiger partial charge on any atom is -0.461 e. The van der Waals surface area contributed by atoms with Crippen LogP contribution in [0.2, 0.25) is 36.3 Å². The summed E-state index contributed by atoms with van der Waals surface area (Å²) >= 11 is 0. The summed E-state index contributed by atoms with van der Waals surface area (Å²) in [6, 6.07) is -0.604. The van der Waals surface area contributed by atoms with Gasteiger partial charge in [-0.1, -0.05) is 73.1 Å². The third-order valence-corrected chi connectivity index (χ3v) is 18.1. The molecule has 1 heterocycles. The van der Waals surface area contributed by atoms with Gasteiger partial charge in [0.05, 0.1) is 18.8 Å². The summed E-state index contributed by atoms with van der Waals surface area (Å²) in [4.78, 5) is 26.7. The summed E-state index contributed by atoms with van der Waals surface area (Å²) < 4.78 is 19.6. The van der Waals surface area contributed by atoms with Crippen molar-refractivity contribution in [3.8, 4) is 0 Å². The van der Waals surface area contributed by atoms with E-state index < -0.39 is 34.2 Å². The zero-order valence-electron chi connectivity index (χ0n) is 26.8. The van der Waals surface area contributed by atoms with Crippen molar-refractivity contribution in [3.63, 3.8) is 0 Å². The van der Waals surface area contributed by atoms with E-state index in [1.165, 1.54) is 0 Å². The molecule has 38 heavy (non-hydrogen) atoms. The fourth-order valence-electron chi connectivity index (χ4n) is 4.17. The van der Waals surface area contributed by atoms with Gasteiger partial charge in [-0.25, -0.2) is 0 Å². The molecule has 1 aliphatic heterocycles. The Hall–Kier alpha value is -1.23. The monoisotopic (exact) mass is 567 g/mol. The van der Waals surface area contributed by atoms with Crippen LogP contribution in [0.3, 0.4) is 0 Å². The molecule has 1 aliphatic rings. The zero-order chi connectivity index (χ0) is 29.9. The van der Waals surface area contributed by atoms with Crippen molar-refractivity contribution in [2.24, 2.45) is 11.3 Å². The van der Waals surface area contributed by atoms with Gasteiger partial charge in [-0.15, -0.1) is 6.58 Å².